The van der Waals surface area contributed by atoms with E-state index in [2.05, 4.69) is 19.2 Å². The predicted octanol–water partition coefficient (Wildman–Crippen LogP) is 2.45. The summed E-state index contributed by atoms with van der Waals surface area (Å²) in [7, 11) is 1.79. The molecule has 0 radical (unpaired) electrons. The zero-order valence-corrected chi connectivity index (χ0v) is 11.7. The SMILES string of the molecule is CCCNC(CC(C)COC)C1CCOCC1. The van der Waals surface area contributed by atoms with E-state index in [4.69, 9.17) is 9.47 Å². The molecule has 0 aromatic heterocycles. The zero-order valence-electron chi connectivity index (χ0n) is 11.7. The molecule has 0 amide bonds. The lowest BCUT2D eigenvalue weighted by Gasteiger charge is -2.32. The van der Waals surface area contributed by atoms with E-state index < -0.39 is 0 Å². The van der Waals surface area contributed by atoms with Crippen molar-refractivity contribution in [3.05, 3.63) is 0 Å². The van der Waals surface area contributed by atoms with Gasteiger partial charge in [-0.3, -0.25) is 0 Å². The highest BCUT2D eigenvalue weighted by atomic mass is 16.5. The van der Waals surface area contributed by atoms with Crippen molar-refractivity contribution in [3.8, 4) is 0 Å². The summed E-state index contributed by atoms with van der Waals surface area (Å²) in [6, 6.07) is 0.643. The van der Waals surface area contributed by atoms with Crippen molar-refractivity contribution in [1.29, 1.82) is 0 Å². The fraction of sp³-hybridized carbons (Fsp3) is 1.00. The van der Waals surface area contributed by atoms with Gasteiger partial charge in [0.1, 0.15) is 0 Å². The van der Waals surface area contributed by atoms with Crippen LogP contribution in [-0.2, 0) is 9.47 Å². The Balaban J connectivity index is 2.40. The fourth-order valence-electron chi connectivity index (χ4n) is 2.68. The lowest BCUT2D eigenvalue weighted by molar-refractivity contribution is 0.0474. The Morgan fingerprint density at radius 3 is 2.65 bits per heavy atom. The van der Waals surface area contributed by atoms with Crippen molar-refractivity contribution < 1.29 is 9.47 Å². The maximum absolute atomic E-state index is 5.45. The van der Waals surface area contributed by atoms with Crippen molar-refractivity contribution in [2.75, 3.05) is 33.5 Å². The standard InChI is InChI=1S/C14H29NO2/c1-4-7-15-14(10-12(2)11-16-3)13-5-8-17-9-6-13/h12-15H,4-11H2,1-3H3. The van der Waals surface area contributed by atoms with Crippen LogP contribution in [-0.4, -0.2) is 39.5 Å². The molecule has 0 saturated carbocycles. The number of methoxy groups -OCH3 is 1. The Bertz CT molecular complexity index is 181. The summed E-state index contributed by atoms with van der Waals surface area (Å²) in [5.41, 5.74) is 0. The molecule has 102 valence electrons. The number of rotatable bonds is 8. The van der Waals surface area contributed by atoms with E-state index in [1.807, 2.05) is 0 Å². The summed E-state index contributed by atoms with van der Waals surface area (Å²) >= 11 is 0. The molecule has 1 N–H and O–H groups in total. The predicted molar refractivity (Wildman–Crippen MR) is 71.3 cm³/mol. The van der Waals surface area contributed by atoms with Gasteiger partial charge >= 0.3 is 0 Å². The smallest absolute Gasteiger partial charge is 0.0488 e. The molecule has 0 aromatic carbocycles. The summed E-state index contributed by atoms with van der Waals surface area (Å²) < 4.78 is 10.7. The van der Waals surface area contributed by atoms with Gasteiger partial charge in [-0.15, -0.1) is 0 Å². The van der Waals surface area contributed by atoms with Gasteiger partial charge in [-0.1, -0.05) is 13.8 Å². The molecule has 1 rings (SSSR count). The van der Waals surface area contributed by atoms with Crippen LogP contribution in [0.5, 0.6) is 0 Å². The first kappa shape index (κ1) is 14.9. The minimum absolute atomic E-state index is 0.636. The Labute approximate surface area is 106 Å². The van der Waals surface area contributed by atoms with Crippen LogP contribution >= 0.6 is 0 Å². The molecular weight excluding hydrogens is 214 g/mol. The van der Waals surface area contributed by atoms with Gasteiger partial charge in [0.05, 0.1) is 0 Å². The molecule has 1 saturated heterocycles. The second kappa shape index (κ2) is 8.90. The molecule has 1 heterocycles. The first-order chi connectivity index (χ1) is 8.27. The third-order valence-corrected chi connectivity index (χ3v) is 3.60. The molecule has 1 aliphatic rings. The summed E-state index contributed by atoms with van der Waals surface area (Å²) in [5, 5.41) is 3.72. The monoisotopic (exact) mass is 243 g/mol. The van der Waals surface area contributed by atoms with E-state index in [9.17, 15) is 0 Å². The van der Waals surface area contributed by atoms with E-state index in [-0.39, 0.29) is 0 Å². The van der Waals surface area contributed by atoms with E-state index in [1.165, 1.54) is 25.7 Å². The van der Waals surface area contributed by atoms with E-state index in [1.54, 1.807) is 7.11 Å². The summed E-state index contributed by atoms with van der Waals surface area (Å²) in [4.78, 5) is 0. The van der Waals surface area contributed by atoms with Crippen LogP contribution in [0.3, 0.4) is 0 Å². The topological polar surface area (TPSA) is 30.5 Å². The van der Waals surface area contributed by atoms with Crippen LogP contribution in [0.2, 0.25) is 0 Å². The van der Waals surface area contributed by atoms with Gasteiger partial charge < -0.3 is 14.8 Å². The van der Waals surface area contributed by atoms with Gasteiger partial charge in [0.25, 0.3) is 0 Å². The number of hydrogen-bond acceptors (Lipinski definition) is 3. The van der Waals surface area contributed by atoms with Crippen molar-refractivity contribution in [2.45, 2.75) is 45.6 Å². The molecule has 0 bridgehead atoms. The quantitative estimate of drug-likeness (QED) is 0.710. The van der Waals surface area contributed by atoms with Crippen LogP contribution in [0, 0.1) is 11.8 Å². The molecule has 3 nitrogen and oxygen atoms in total. The molecular formula is C14H29NO2. The van der Waals surface area contributed by atoms with Gasteiger partial charge in [-0.05, 0) is 44.1 Å². The molecule has 0 spiro atoms. The van der Waals surface area contributed by atoms with Crippen molar-refractivity contribution >= 4 is 0 Å². The fourth-order valence-corrected chi connectivity index (χ4v) is 2.68. The van der Waals surface area contributed by atoms with Gasteiger partial charge in [-0.2, -0.15) is 0 Å². The maximum Gasteiger partial charge on any atom is 0.0488 e. The van der Waals surface area contributed by atoms with Crippen LogP contribution in [0.1, 0.15) is 39.5 Å². The number of nitrogens with one attached hydrogen (secondary N) is 1. The third kappa shape index (κ3) is 5.84. The van der Waals surface area contributed by atoms with Crippen LogP contribution < -0.4 is 5.32 Å². The number of ether oxygens (including phenoxy) is 2. The second-order valence-corrected chi connectivity index (χ2v) is 5.31. The van der Waals surface area contributed by atoms with Crippen LogP contribution in [0.4, 0.5) is 0 Å². The summed E-state index contributed by atoms with van der Waals surface area (Å²) in [6.45, 7) is 8.38. The molecule has 3 heteroatoms. The van der Waals surface area contributed by atoms with E-state index in [0.29, 0.717) is 12.0 Å². The highest BCUT2D eigenvalue weighted by molar-refractivity contribution is 4.80. The largest absolute Gasteiger partial charge is 0.384 e. The van der Waals surface area contributed by atoms with Crippen LogP contribution in [0.25, 0.3) is 0 Å². The average Bonchev–Trinajstić information content (AvgIpc) is 2.36. The Morgan fingerprint density at radius 1 is 1.35 bits per heavy atom. The minimum Gasteiger partial charge on any atom is -0.384 e. The third-order valence-electron chi connectivity index (χ3n) is 3.60. The van der Waals surface area contributed by atoms with Gasteiger partial charge in [0.2, 0.25) is 0 Å². The molecule has 2 atom stereocenters. The molecule has 1 fully saturated rings. The lowest BCUT2D eigenvalue weighted by Crippen LogP contribution is -2.41. The number of hydrogen-bond donors (Lipinski definition) is 1. The molecule has 1 aliphatic heterocycles. The highest BCUT2D eigenvalue weighted by Crippen LogP contribution is 2.23. The van der Waals surface area contributed by atoms with Crippen molar-refractivity contribution in [3.63, 3.8) is 0 Å². The maximum atomic E-state index is 5.45. The first-order valence-corrected chi connectivity index (χ1v) is 7.08. The van der Waals surface area contributed by atoms with Gasteiger partial charge in [0, 0.05) is 33.0 Å². The van der Waals surface area contributed by atoms with Crippen molar-refractivity contribution in [1.82, 2.24) is 5.32 Å². The van der Waals surface area contributed by atoms with Gasteiger partial charge in [-0.25, -0.2) is 0 Å². The van der Waals surface area contributed by atoms with Crippen LogP contribution in [0.15, 0.2) is 0 Å². The normalized spacial score (nSPS) is 21.4. The lowest BCUT2D eigenvalue weighted by atomic mass is 9.86. The highest BCUT2D eigenvalue weighted by Gasteiger charge is 2.24. The Morgan fingerprint density at radius 2 is 2.06 bits per heavy atom. The minimum atomic E-state index is 0.636. The second-order valence-electron chi connectivity index (χ2n) is 5.31. The molecule has 17 heavy (non-hydrogen) atoms. The molecule has 0 aliphatic carbocycles. The molecule has 2 unspecified atom stereocenters. The Hall–Kier alpha value is -0.120. The summed E-state index contributed by atoms with van der Waals surface area (Å²) in [5.74, 6) is 1.42. The summed E-state index contributed by atoms with van der Waals surface area (Å²) in [6.07, 6.45) is 4.85. The van der Waals surface area contributed by atoms with Gasteiger partial charge in [0.15, 0.2) is 0 Å². The zero-order chi connectivity index (χ0) is 12.5. The molecule has 0 aromatic rings. The first-order valence-electron chi connectivity index (χ1n) is 7.08. The van der Waals surface area contributed by atoms with E-state index >= 15 is 0 Å². The average molecular weight is 243 g/mol. The van der Waals surface area contributed by atoms with Crippen molar-refractivity contribution in [2.24, 2.45) is 11.8 Å². The Kier molecular flexibility index (Phi) is 7.82. The van der Waals surface area contributed by atoms with E-state index in [0.717, 1.165) is 32.3 Å².